The van der Waals surface area contributed by atoms with Crippen molar-refractivity contribution in [1.82, 2.24) is 14.5 Å². The second-order valence-electron chi connectivity index (χ2n) is 8.76. The van der Waals surface area contributed by atoms with Gasteiger partial charge in [0.1, 0.15) is 12.0 Å². The molecule has 8 nitrogen and oxygen atoms in total. The molecule has 190 valence electrons. The first-order valence-electron chi connectivity index (χ1n) is 12.2. The molecule has 0 radical (unpaired) electrons. The summed E-state index contributed by atoms with van der Waals surface area (Å²) in [4.78, 5) is 50.6. The number of unbranched alkanes of at least 4 members (excludes halogenated alkanes) is 1. The number of para-hydroxylation sites is 1. The number of nitrogens with one attached hydrogen (secondary N) is 1. The lowest BCUT2D eigenvalue weighted by Crippen LogP contribution is -2.39. The topological polar surface area (TPSA) is 99.4 Å². The Bertz CT molecular complexity index is 1550. The number of fused-ring (bicyclic) bond motifs is 1. The van der Waals surface area contributed by atoms with Gasteiger partial charge in [0.25, 0.3) is 5.56 Å². The summed E-state index contributed by atoms with van der Waals surface area (Å²) in [6.07, 6.45) is 2.87. The molecule has 0 unspecified atom stereocenters. The van der Waals surface area contributed by atoms with Gasteiger partial charge in [-0.15, -0.1) is 0 Å². The summed E-state index contributed by atoms with van der Waals surface area (Å²) in [6.45, 7) is 2.80. The average Bonchev–Trinajstić information content (AvgIpc) is 2.92. The van der Waals surface area contributed by atoms with Crippen LogP contribution in [0, 0.1) is 0 Å². The third-order valence-corrected chi connectivity index (χ3v) is 6.23. The van der Waals surface area contributed by atoms with Crippen LogP contribution in [-0.2, 0) is 17.8 Å². The Kier molecular flexibility index (Phi) is 7.98. The summed E-state index contributed by atoms with van der Waals surface area (Å²) in [5.41, 5.74) is 1.79. The summed E-state index contributed by atoms with van der Waals surface area (Å²) < 4.78 is 8.08. The number of hydrogen-bond acceptors (Lipinski definition) is 5. The minimum absolute atomic E-state index is 0.0714. The van der Waals surface area contributed by atoms with E-state index in [1.807, 2.05) is 0 Å². The molecule has 37 heavy (non-hydrogen) atoms. The van der Waals surface area contributed by atoms with E-state index in [4.69, 9.17) is 4.74 Å². The molecule has 4 rings (SSSR count). The molecule has 1 aromatic heterocycles. The molecule has 1 heterocycles. The Morgan fingerprint density at radius 1 is 1.03 bits per heavy atom. The Morgan fingerprint density at radius 2 is 1.78 bits per heavy atom. The van der Waals surface area contributed by atoms with Gasteiger partial charge in [-0.05, 0) is 54.4 Å². The van der Waals surface area contributed by atoms with E-state index >= 15 is 0 Å². The summed E-state index contributed by atoms with van der Waals surface area (Å²) in [5, 5.41) is 3.27. The number of carbonyl (C=O) groups excluding carboxylic acids is 2. The highest BCUT2D eigenvalue weighted by Gasteiger charge is 2.16. The van der Waals surface area contributed by atoms with Crippen molar-refractivity contribution in [1.29, 1.82) is 0 Å². The minimum atomic E-state index is -0.521. The van der Waals surface area contributed by atoms with Gasteiger partial charge in [0.05, 0.1) is 36.7 Å². The molecular weight excluding hydrogens is 470 g/mol. The zero-order chi connectivity index (χ0) is 26.4. The van der Waals surface area contributed by atoms with E-state index in [-0.39, 0.29) is 18.9 Å². The maximum Gasteiger partial charge on any atom is 0.336 e. The number of methoxy groups -OCH3 is 1. The standard InChI is InChI=1S/C29H29N3O5/c1-3-4-15-30-27(34)17-20-9-12-23(13-10-20)32-28(35)24-7-5-6-8-25(24)31(29(32)36)18-22-16-21(19-33)11-14-26(22)37-2/h5-14,16,19H,3-4,15,17-18H2,1-2H3,(H,30,34). The quantitative estimate of drug-likeness (QED) is 0.266. The summed E-state index contributed by atoms with van der Waals surface area (Å²) >= 11 is 0. The number of aldehydes is 1. The second-order valence-corrected chi connectivity index (χ2v) is 8.76. The molecule has 0 bridgehead atoms. The maximum atomic E-state index is 13.7. The Morgan fingerprint density at radius 3 is 2.49 bits per heavy atom. The first-order valence-corrected chi connectivity index (χ1v) is 12.2. The lowest BCUT2D eigenvalue weighted by atomic mass is 10.1. The van der Waals surface area contributed by atoms with Crippen molar-refractivity contribution in [3.63, 3.8) is 0 Å². The van der Waals surface area contributed by atoms with Gasteiger partial charge in [0.15, 0.2) is 0 Å². The van der Waals surface area contributed by atoms with Gasteiger partial charge in [-0.3, -0.25) is 19.0 Å². The van der Waals surface area contributed by atoms with Crippen molar-refractivity contribution in [2.45, 2.75) is 32.7 Å². The molecule has 0 saturated carbocycles. The van der Waals surface area contributed by atoms with E-state index in [1.54, 1.807) is 66.7 Å². The summed E-state index contributed by atoms with van der Waals surface area (Å²) in [6, 6.07) is 18.7. The molecule has 1 amide bonds. The van der Waals surface area contributed by atoms with Crippen molar-refractivity contribution >= 4 is 23.1 Å². The molecule has 8 heteroatoms. The minimum Gasteiger partial charge on any atom is -0.496 e. The van der Waals surface area contributed by atoms with E-state index in [9.17, 15) is 19.2 Å². The highest BCUT2D eigenvalue weighted by Crippen LogP contribution is 2.21. The predicted molar refractivity (Wildman–Crippen MR) is 143 cm³/mol. The van der Waals surface area contributed by atoms with Crippen molar-refractivity contribution in [3.8, 4) is 11.4 Å². The Labute approximate surface area is 214 Å². The van der Waals surface area contributed by atoms with Gasteiger partial charge < -0.3 is 10.1 Å². The van der Waals surface area contributed by atoms with Gasteiger partial charge >= 0.3 is 5.69 Å². The Hall–Kier alpha value is -4.46. The van der Waals surface area contributed by atoms with Gasteiger partial charge in [0, 0.05) is 17.7 Å². The number of nitrogens with zero attached hydrogens (tertiary/aromatic N) is 2. The van der Waals surface area contributed by atoms with Crippen LogP contribution in [0.5, 0.6) is 5.75 Å². The fourth-order valence-electron chi connectivity index (χ4n) is 4.28. The van der Waals surface area contributed by atoms with E-state index in [0.717, 1.165) is 29.3 Å². The number of carbonyl (C=O) groups is 2. The van der Waals surface area contributed by atoms with Crippen molar-refractivity contribution in [2.24, 2.45) is 0 Å². The molecule has 0 atom stereocenters. The van der Waals surface area contributed by atoms with Gasteiger partial charge in [-0.1, -0.05) is 37.6 Å². The number of amides is 1. The fraction of sp³-hybridized carbons (Fsp3) is 0.241. The first kappa shape index (κ1) is 25.6. The first-order chi connectivity index (χ1) is 18.0. The molecule has 0 aliphatic heterocycles. The molecule has 3 aromatic carbocycles. The summed E-state index contributed by atoms with van der Waals surface area (Å²) in [7, 11) is 1.52. The smallest absolute Gasteiger partial charge is 0.336 e. The van der Waals surface area contributed by atoms with Crippen molar-refractivity contribution < 1.29 is 14.3 Å². The van der Waals surface area contributed by atoms with Crippen molar-refractivity contribution in [2.75, 3.05) is 13.7 Å². The molecule has 0 fully saturated rings. The van der Waals surface area contributed by atoms with E-state index < -0.39 is 11.2 Å². The number of benzene rings is 3. The monoisotopic (exact) mass is 499 g/mol. The van der Waals surface area contributed by atoms with Crippen LogP contribution in [0.15, 0.2) is 76.3 Å². The highest BCUT2D eigenvalue weighted by atomic mass is 16.5. The van der Waals surface area contributed by atoms with Crippen LogP contribution in [0.1, 0.15) is 41.3 Å². The zero-order valence-corrected chi connectivity index (χ0v) is 20.9. The van der Waals surface area contributed by atoms with E-state index in [1.165, 1.54) is 11.7 Å². The largest absolute Gasteiger partial charge is 0.496 e. The second kappa shape index (κ2) is 11.5. The third kappa shape index (κ3) is 5.53. The molecule has 0 aliphatic rings. The summed E-state index contributed by atoms with van der Waals surface area (Å²) in [5.74, 6) is 0.457. The highest BCUT2D eigenvalue weighted by molar-refractivity contribution is 5.79. The molecular formula is C29H29N3O5. The van der Waals surface area contributed by atoms with Crippen LogP contribution in [-0.4, -0.2) is 35.0 Å². The number of aromatic nitrogens is 2. The molecule has 4 aromatic rings. The molecule has 0 spiro atoms. The van der Waals surface area contributed by atoms with Crippen LogP contribution in [0.4, 0.5) is 0 Å². The zero-order valence-electron chi connectivity index (χ0n) is 20.9. The normalized spacial score (nSPS) is 10.9. The number of ether oxygens (including phenoxy) is 1. The van der Waals surface area contributed by atoms with Gasteiger partial charge in [-0.2, -0.15) is 0 Å². The SMILES string of the molecule is CCCCNC(=O)Cc1ccc(-n2c(=O)c3ccccc3n(Cc3cc(C=O)ccc3OC)c2=O)cc1. The van der Waals surface area contributed by atoms with Crippen LogP contribution in [0.2, 0.25) is 0 Å². The molecule has 0 aliphatic carbocycles. The van der Waals surface area contributed by atoms with Crippen molar-refractivity contribution in [3.05, 3.63) is 104 Å². The Balaban J connectivity index is 1.76. The molecule has 1 N–H and O–H groups in total. The molecule has 0 saturated heterocycles. The van der Waals surface area contributed by atoms with E-state index in [2.05, 4.69) is 12.2 Å². The van der Waals surface area contributed by atoms with Crippen LogP contribution < -0.4 is 21.3 Å². The van der Waals surface area contributed by atoms with Gasteiger partial charge in [0.2, 0.25) is 5.91 Å². The average molecular weight is 500 g/mol. The fourth-order valence-corrected chi connectivity index (χ4v) is 4.28. The number of rotatable bonds is 10. The van der Waals surface area contributed by atoms with Crippen LogP contribution >= 0.6 is 0 Å². The van der Waals surface area contributed by atoms with Gasteiger partial charge in [-0.25, -0.2) is 9.36 Å². The maximum absolute atomic E-state index is 13.7. The van der Waals surface area contributed by atoms with Crippen LogP contribution in [0.25, 0.3) is 16.6 Å². The lowest BCUT2D eigenvalue weighted by Gasteiger charge is -2.16. The van der Waals surface area contributed by atoms with Crippen LogP contribution in [0.3, 0.4) is 0 Å². The predicted octanol–water partition coefficient (Wildman–Crippen LogP) is 3.48. The van der Waals surface area contributed by atoms with E-state index in [0.29, 0.717) is 40.0 Å². The third-order valence-electron chi connectivity index (χ3n) is 6.23. The lowest BCUT2D eigenvalue weighted by molar-refractivity contribution is -0.120. The number of hydrogen-bond donors (Lipinski definition) is 1.